The Kier molecular flexibility index (Phi) is 29.0. The monoisotopic (exact) mass is 451 g/mol. The van der Waals surface area contributed by atoms with Crippen LogP contribution in [0.1, 0.15) is 11.1 Å². The first-order valence-electron chi connectivity index (χ1n) is 5.80. The minimum absolute atomic E-state index is 0. The van der Waals surface area contributed by atoms with Gasteiger partial charge in [0.05, 0.1) is 0 Å². The van der Waals surface area contributed by atoms with E-state index < -0.39 is 0 Å². The Labute approximate surface area is 148 Å². The van der Waals surface area contributed by atoms with E-state index in [9.17, 15) is 0 Å². The Hall–Kier alpha value is -0.473. The number of benzene rings is 2. The molecule has 20 heavy (non-hydrogen) atoms. The van der Waals surface area contributed by atoms with Gasteiger partial charge < -0.3 is 14.9 Å². The zero-order valence-corrected chi connectivity index (χ0v) is 18.4. The molecule has 0 aromatic heterocycles. The van der Waals surface area contributed by atoms with E-state index in [1.165, 1.54) is 11.1 Å². The summed E-state index contributed by atoms with van der Waals surface area (Å²) in [4.78, 5) is 0. The van der Waals surface area contributed by atoms with E-state index in [0.29, 0.717) is 0 Å². The predicted molar refractivity (Wildman–Crippen MR) is 91.7 cm³/mol. The summed E-state index contributed by atoms with van der Waals surface area (Å²) in [6.45, 7) is 8.52. The Bertz CT molecular complexity index is 322. The summed E-state index contributed by atoms with van der Waals surface area (Å²) in [5, 5.41) is 0. The van der Waals surface area contributed by atoms with Crippen LogP contribution in [0.5, 0.6) is 0 Å². The van der Waals surface area contributed by atoms with Crippen molar-refractivity contribution in [1.82, 2.24) is 0 Å². The standard InChI is InChI=1S/2C7H7.C2H7Si.2CH3.Hf/c2*1-7-5-3-2-4-6-7;1-3-2;;;/h2*2-3,5-6H,1H3;3H,1-2H3;2*1H3;/q2*-1;;2*-1;+4. The average Bonchev–Trinajstić information content (AvgIpc) is 2.33. The number of aryl methyl sites for hydroxylation is 2. The Balaban J connectivity index is -0.0000000956. The Morgan fingerprint density at radius 2 is 1.10 bits per heavy atom. The van der Waals surface area contributed by atoms with Crippen molar-refractivity contribution in [1.29, 1.82) is 0 Å². The Morgan fingerprint density at radius 3 is 1.20 bits per heavy atom. The molecule has 0 saturated carbocycles. The quantitative estimate of drug-likeness (QED) is 0.392. The van der Waals surface area contributed by atoms with Gasteiger partial charge in [0.2, 0.25) is 0 Å². The first kappa shape index (κ1) is 27.8. The second-order valence-electron chi connectivity index (χ2n) is 3.74. The molecule has 0 aliphatic rings. The van der Waals surface area contributed by atoms with Crippen LogP contribution >= 0.6 is 0 Å². The van der Waals surface area contributed by atoms with Gasteiger partial charge in [0.25, 0.3) is 0 Å². The molecule has 2 heteroatoms. The molecule has 0 amide bonds. The molecular weight excluding hydrogens is 423 g/mol. The summed E-state index contributed by atoms with van der Waals surface area (Å²) >= 11 is 0. The molecule has 0 fully saturated rings. The van der Waals surface area contributed by atoms with Crippen LogP contribution in [0, 0.1) is 40.8 Å². The SMILES string of the molecule is C[SiH]C.Cc1c[c-]ccc1.Cc1c[c-]ccc1.[CH3-].[CH3-].[Hf+4]. The maximum Gasteiger partial charge on any atom is 4.00 e. The smallest absolute Gasteiger partial charge is 0.358 e. The third-order valence-corrected chi connectivity index (χ3v) is 1.73. The Morgan fingerprint density at radius 1 is 0.800 bits per heavy atom. The number of rotatable bonds is 0. The van der Waals surface area contributed by atoms with Crippen molar-refractivity contribution >= 4 is 9.52 Å². The minimum Gasteiger partial charge on any atom is -0.358 e. The van der Waals surface area contributed by atoms with Crippen molar-refractivity contribution in [3.63, 3.8) is 0 Å². The van der Waals surface area contributed by atoms with Gasteiger partial charge >= 0.3 is 25.8 Å². The van der Waals surface area contributed by atoms with E-state index in [-0.39, 0.29) is 40.7 Å². The van der Waals surface area contributed by atoms with Gasteiger partial charge in [0.1, 0.15) is 0 Å². The van der Waals surface area contributed by atoms with Gasteiger partial charge in [-0.3, -0.25) is 0 Å². The van der Waals surface area contributed by atoms with E-state index in [2.05, 4.69) is 51.2 Å². The molecule has 0 bridgehead atoms. The van der Waals surface area contributed by atoms with Gasteiger partial charge in [0.15, 0.2) is 0 Å². The van der Waals surface area contributed by atoms with Crippen LogP contribution in [0.3, 0.4) is 0 Å². The van der Waals surface area contributed by atoms with Crippen LogP contribution < -0.4 is 0 Å². The van der Waals surface area contributed by atoms with E-state index in [1.54, 1.807) is 0 Å². The minimum atomic E-state index is 0. The van der Waals surface area contributed by atoms with Gasteiger partial charge in [-0.05, 0) is 0 Å². The zero-order valence-electron chi connectivity index (χ0n) is 13.7. The van der Waals surface area contributed by atoms with Crippen molar-refractivity contribution in [2.45, 2.75) is 26.9 Å². The molecule has 2 rings (SSSR count). The largest absolute Gasteiger partial charge is 4.00 e. The van der Waals surface area contributed by atoms with Crippen molar-refractivity contribution in [2.75, 3.05) is 0 Å². The van der Waals surface area contributed by atoms with Gasteiger partial charge in [-0.15, -0.1) is 0 Å². The number of hydrogen-bond acceptors (Lipinski definition) is 0. The maximum absolute atomic E-state index is 2.96. The fourth-order valence-electron chi connectivity index (χ4n) is 0.966. The summed E-state index contributed by atoms with van der Waals surface area (Å²) in [7, 11) is 0.750. The molecule has 1 radical (unpaired) electrons. The summed E-state index contributed by atoms with van der Waals surface area (Å²) in [5.41, 5.74) is 2.53. The summed E-state index contributed by atoms with van der Waals surface area (Å²) in [6.07, 6.45) is 0. The molecule has 0 atom stereocenters. The third kappa shape index (κ3) is 19.9. The van der Waals surface area contributed by atoms with Gasteiger partial charge in [0, 0.05) is 9.52 Å². The molecule has 0 aliphatic carbocycles. The van der Waals surface area contributed by atoms with E-state index in [1.807, 2.05) is 36.4 Å². The molecule has 2 aromatic carbocycles. The van der Waals surface area contributed by atoms with Crippen molar-refractivity contribution in [2.24, 2.45) is 0 Å². The molecule has 0 heterocycles. The van der Waals surface area contributed by atoms with Crippen LogP contribution in [0.25, 0.3) is 0 Å². The number of hydrogen-bond donors (Lipinski definition) is 0. The molecule has 0 nitrogen and oxygen atoms in total. The van der Waals surface area contributed by atoms with Crippen LogP contribution in [-0.4, -0.2) is 9.52 Å². The van der Waals surface area contributed by atoms with Gasteiger partial charge in [-0.2, -0.15) is 71.8 Å². The first-order valence-corrected chi connectivity index (χ1v) is 8.11. The van der Waals surface area contributed by atoms with Crippen molar-refractivity contribution in [3.8, 4) is 0 Å². The van der Waals surface area contributed by atoms with Crippen LogP contribution in [0.4, 0.5) is 0 Å². The van der Waals surface area contributed by atoms with Crippen molar-refractivity contribution in [3.05, 3.63) is 86.6 Å². The van der Waals surface area contributed by atoms with Crippen LogP contribution in [0.15, 0.2) is 48.5 Å². The normalized spacial score (nSPS) is 7.00. The molecule has 0 N–H and O–H groups in total. The van der Waals surface area contributed by atoms with E-state index in [0.717, 1.165) is 9.52 Å². The fourth-order valence-corrected chi connectivity index (χ4v) is 0.966. The maximum atomic E-state index is 2.96. The van der Waals surface area contributed by atoms with Gasteiger partial charge in [-0.25, -0.2) is 0 Å². The fraction of sp³-hybridized carbons (Fsp3) is 0.222. The van der Waals surface area contributed by atoms with Crippen LogP contribution in [-0.2, 0) is 25.8 Å². The molecule has 0 unspecified atom stereocenters. The average molecular weight is 450 g/mol. The third-order valence-electron chi connectivity index (χ3n) is 1.73. The van der Waals surface area contributed by atoms with Crippen molar-refractivity contribution < 1.29 is 25.8 Å². The van der Waals surface area contributed by atoms with Crippen LogP contribution in [0.2, 0.25) is 13.1 Å². The molecule has 2 aromatic rings. The zero-order chi connectivity index (χ0) is 12.9. The second kappa shape index (κ2) is 20.8. The second-order valence-corrected chi connectivity index (χ2v) is 4.89. The summed E-state index contributed by atoms with van der Waals surface area (Å²) < 4.78 is 0. The molecule has 0 spiro atoms. The summed E-state index contributed by atoms with van der Waals surface area (Å²) in [6, 6.07) is 21.7. The summed E-state index contributed by atoms with van der Waals surface area (Å²) in [5.74, 6) is 0. The topological polar surface area (TPSA) is 0 Å². The van der Waals surface area contributed by atoms with E-state index >= 15 is 0 Å². The predicted octanol–water partition coefficient (Wildman–Crippen LogP) is 5.01. The van der Waals surface area contributed by atoms with Gasteiger partial charge in [-0.1, -0.05) is 26.9 Å². The molecule has 0 aliphatic heterocycles. The molecule has 107 valence electrons. The van der Waals surface area contributed by atoms with E-state index in [4.69, 9.17) is 0 Å². The molecule has 0 saturated heterocycles. The first-order chi connectivity index (χ1) is 8.20. The molecular formula is C18H27HfSi.